The lowest BCUT2D eigenvalue weighted by atomic mass is 9.95. The molecule has 1 saturated carbocycles. The fraction of sp³-hybridized carbons (Fsp3) is 0.654. The van der Waals surface area contributed by atoms with Gasteiger partial charge in [0.1, 0.15) is 18.7 Å². The second-order valence-electron chi connectivity index (χ2n) is 10.5. The fourth-order valence-electron chi connectivity index (χ4n) is 6.11. The third-order valence-corrected chi connectivity index (χ3v) is 8.25. The van der Waals surface area contributed by atoms with Crippen molar-refractivity contribution in [1.29, 1.82) is 0 Å². The van der Waals surface area contributed by atoms with Crippen LogP contribution in [-0.4, -0.2) is 98.4 Å². The van der Waals surface area contributed by atoms with E-state index in [1.165, 1.54) is 4.90 Å². The maximum absolute atomic E-state index is 13.7. The zero-order valence-corrected chi connectivity index (χ0v) is 20.6. The van der Waals surface area contributed by atoms with Gasteiger partial charge in [0.05, 0.1) is 12.0 Å². The first-order valence-corrected chi connectivity index (χ1v) is 12.9. The molecule has 4 fully saturated rings. The van der Waals surface area contributed by atoms with Crippen LogP contribution in [0.25, 0.3) is 0 Å². The number of alkyl halides is 2. The van der Waals surface area contributed by atoms with Gasteiger partial charge in [0, 0.05) is 44.0 Å². The number of hydrogen-bond donors (Lipinski definition) is 1. The van der Waals surface area contributed by atoms with Crippen molar-refractivity contribution in [2.24, 2.45) is 11.8 Å². The molecule has 4 aliphatic rings. The number of benzene rings is 1. The summed E-state index contributed by atoms with van der Waals surface area (Å²) in [6.45, 7) is 3.29. The Bertz CT molecular complexity index is 977. The minimum atomic E-state index is -2.69. The van der Waals surface area contributed by atoms with E-state index >= 15 is 0 Å². The van der Waals surface area contributed by atoms with Gasteiger partial charge in [0.2, 0.25) is 12.3 Å². The number of anilines is 1. The highest BCUT2D eigenvalue weighted by Gasteiger charge is 2.56. The Morgan fingerprint density at radius 1 is 1.06 bits per heavy atom. The minimum Gasteiger partial charge on any atom is -0.369 e. The summed E-state index contributed by atoms with van der Waals surface area (Å²) in [5, 5.41) is 2.91. The van der Waals surface area contributed by atoms with Crippen molar-refractivity contribution in [2.45, 2.75) is 50.3 Å². The molecule has 3 saturated heterocycles. The summed E-state index contributed by atoms with van der Waals surface area (Å²) < 4.78 is 32.7. The Kier molecular flexibility index (Phi) is 7.25. The monoisotopic (exact) mass is 504 g/mol. The third-order valence-electron chi connectivity index (χ3n) is 8.25. The summed E-state index contributed by atoms with van der Waals surface area (Å²) in [6, 6.07) is 5.49. The van der Waals surface area contributed by atoms with Gasteiger partial charge in [-0.2, -0.15) is 0 Å². The number of nitrogens with zero attached hydrogens (tertiary/aromatic N) is 3. The number of piperazine rings is 1. The van der Waals surface area contributed by atoms with Crippen molar-refractivity contribution < 1.29 is 27.9 Å². The van der Waals surface area contributed by atoms with Crippen LogP contribution in [0.15, 0.2) is 24.3 Å². The van der Waals surface area contributed by atoms with Gasteiger partial charge in [0.15, 0.2) is 5.78 Å². The Labute approximate surface area is 209 Å². The van der Waals surface area contributed by atoms with Crippen molar-refractivity contribution in [3.63, 3.8) is 0 Å². The van der Waals surface area contributed by atoms with Crippen molar-refractivity contribution >= 4 is 23.3 Å². The van der Waals surface area contributed by atoms with Gasteiger partial charge < -0.3 is 24.8 Å². The number of carbonyl (C=O) groups is 3. The van der Waals surface area contributed by atoms with Gasteiger partial charge in [-0.3, -0.25) is 14.4 Å². The zero-order valence-electron chi connectivity index (χ0n) is 20.6. The highest BCUT2D eigenvalue weighted by atomic mass is 19.3. The summed E-state index contributed by atoms with van der Waals surface area (Å²) in [6.07, 6.45) is -0.258. The lowest BCUT2D eigenvalue weighted by Gasteiger charge is -2.34. The molecule has 36 heavy (non-hydrogen) atoms. The number of carbonyl (C=O) groups excluding carboxylic acids is 3. The van der Waals surface area contributed by atoms with Gasteiger partial charge in [-0.05, 0) is 50.1 Å². The number of amides is 2. The lowest BCUT2D eigenvalue weighted by Crippen LogP contribution is -2.54. The number of hydrogen-bond acceptors (Lipinski definition) is 6. The van der Waals surface area contributed by atoms with Crippen LogP contribution >= 0.6 is 0 Å². The van der Waals surface area contributed by atoms with E-state index in [9.17, 15) is 23.2 Å². The zero-order chi connectivity index (χ0) is 25.4. The number of nitrogens with one attached hydrogen (secondary N) is 1. The molecule has 10 heteroatoms. The first kappa shape index (κ1) is 25.1. The average Bonchev–Trinajstić information content (AvgIpc) is 3.62. The standard InChI is InChI=1S/C26H34F2N4O4/c1-30-10-12-31(13-11-30)18-8-6-17(7-9-18)25(34)29-21(16-4-2-3-5-16)26(35)32-14-19(24(27)28)23-22(32)20(33)15-36-23/h6-9,16,19,21-24H,2-5,10-15H2,1H3,(H,29,34)/t19-,21-,22+,23+/m0/s1. The Morgan fingerprint density at radius 2 is 1.72 bits per heavy atom. The Balaban J connectivity index is 1.31. The average molecular weight is 505 g/mol. The molecular formula is C26H34F2N4O4. The fourth-order valence-corrected chi connectivity index (χ4v) is 6.11. The van der Waals surface area contributed by atoms with Gasteiger partial charge in [-0.25, -0.2) is 8.78 Å². The largest absolute Gasteiger partial charge is 0.369 e. The van der Waals surface area contributed by atoms with Gasteiger partial charge in [-0.1, -0.05) is 12.8 Å². The molecule has 0 spiro atoms. The number of ketones is 1. The molecule has 5 rings (SSSR count). The summed E-state index contributed by atoms with van der Waals surface area (Å²) in [5.74, 6) is -2.48. The number of rotatable bonds is 6. The van der Waals surface area contributed by atoms with Crippen LogP contribution in [-0.2, 0) is 14.3 Å². The van der Waals surface area contributed by atoms with Gasteiger partial charge in [-0.15, -0.1) is 0 Å². The maximum Gasteiger partial charge on any atom is 0.251 e. The van der Waals surface area contributed by atoms with Crippen LogP contribution < -0.4 is 10.2 Å². The molecule has 0 aromatic heterocycles. The molecule has 0 bridgehead atoms. The second kappa shape index (κ2) is 10.4. The van der Waals surface area contributed by atoms with Crippen LogP contribution in [0.5, 0.6) is 0 Å². The first-order chi connectivity index (χ1) is 17.3. The summed E-state index contributed by atoms with van der Waals surface area (Å²) >= 11 is 0. The second-order valence-corrected chi connectivity index (χ2v) is 10.5. The first-order valence-electron chi connectivity index (χ1n) is 12.9. The number of Topliss-reactive ketones (excluding diaryl/α,β-unsaturated/α-hetero) is 1. The molecule has 0 unspecified atom stereocenters. The van der Waals surface area contributed by atoms with Crippen LogP contribution in [0, 0.1) is 11.8 Å². The number of likely N-dealkylation sites (tertiary alicyclic amines) is 1. The van der Waals surface area contributed by atoms with E-state index in [0.717, 1.165) is 57.5 Å². The number of ether oxygens (including phenoxy) is 1. The maximum atomic E-state index is 13.7. The van der Waals surface area contributed by atoms with E-state index in [2.05, 4.69) is 22.2 Å². The molecule has 1 N–H and O–H groups in total. The highest BCUT2D eigenvalue weighted by molar-refractivity contribution is 5.99. The predicted octanol–water partition coefficient (Wildman–Crippen LogP) is 1.79. The van der Waals surface area contributed by atoms with Crippen LogP contribution in [0.2, 0.25) is 0 Å². The van der Waals surface area contributed by atoms with E-state index in [1.807, 2.05) is 12.1 Å². The summed E-state index contributed by atoms with van der Waals surface area (Å²) in [7, 11) is 2.10. The molecular weight excluding hydrogens is 470 g/mol. The predicted molar refractivity (Wildman–Crippen MR) is 129 cm³/mol. The number of halogens is 2. The molecule has 0 radical (unpaired) electrons. The van der Waals surface area contributed by atoms with E-state index in [-0.39, 0.29) is 30.8 Å². The van der Waals surface area contributed by atoms with Crippen molar-refractivity contribution in [1.82, 2.24) is 15.1 Å². The molecule has 1 aliphatic carbocycles. The van der Waals surface area contributed by atoms with Crippen molar-refractivity contribution in [3.8, 4) is 0 Å². The van der Waals surface area contributed by atoms with Crippen LogP contribution in [0.3, 0.4) is 0 Å². The molecule has 8 nitrogen and oxygen atoms in total. The topological polar surface area (TPSA) is 82.2 Å². The smallest absolute Gasteiger partial charge is 0.251 e. The highest BCUT2D eigenvalue weighted by Crippen LogP contribution is 2.37. The molecule has 2 amide bonds. The molecule has 3 aliphatic heterocycles. The quantitative estimate of drug-likeness (QED) is 0.636. The Morgan fingerprint density at radius 3 is 2.36 bits per heavy atom. The number of fused-ring (bicyclic) bond motifs is 1. The molecule has 1 aromatic carbocycles. The normalized spacial score (nSPS) is 28.1. The molecule has 196 valence electrons. The van der Waals surface area contributed by atoms with Crippen LogP contribution in [0.4, 0.5) is 14.5 Å². The van der Waals surface area contributed by atoms with Gasteiger partial charge in [0.25, 0.3) is 5.91 Å². The van der Waals surface area contributed by atoms with E-state index in [1.54, 1.807) is 12.1 Å². The Hall–Kier alpha value is -2.59. The third kappa shape index (κ3) is 4.85. The van der Waals surface area contributed by atoms with Crippen LogP contribution in [0.1, 0.15) is 36.0 Å². The van der Waals surface area contributed by atoms with Crippen molar-refractivity contribution in [2.75, 3.05) is 51.3 Å². The van der Waals surface area contributed by atoms with E-state index in [4.69, 9.17) is 4.74 Å². The van der Waals surface area contributed by atoms with E-state index < -0.39 is 36.4 Å². The molecule has 3 heterocycles. The molecule has 1 aromatic rings. The summed E-state index contributed by atoms with van der Waals surface area (Å²) in [5.41, 5.74) is 1.48. The molecule has 4 atom stereocenters. The van der Waals surface area contributed by atoms with Crippen molar-refractivity contribution in [3.05, 3.63) is 29.8 Å². The number of likely N-dealkylation sites (N-methyl/N-ethyl adjacent to an activating group) is 1. The SMILES string of the molecule is CN1CCN(c2ccc(C(=O)N[C@H](C(=O)N3C[C@H](C(F)F)[C@H]4OCC(=O)[C@H]43)C3CCCC3)cc2)CC1. The minimum absolute atomic E-state index is 0.0902. The lowest BCUT2D eigenvalue weighted by molar-refractivity contribution is -0.139. The van der Waals surface area contributed by atoms with Gasteiger partial charge >= 0.3 is 0 Å². The summed E-state index contributed by atoms with van der Waals surface area (Å²) in [4.78, 5) is 45.1. The van der Waals surface area contributed by atoms with E-state index in [0.29, 0.717) is 5.56 Å².